The van der Waals surface area contributed by atoms with E-state index in [1.807, 2.05) is 6.08 Å². The number of carbonyl (C=O) groups is 1. The van der Waals surface area contributed by atoms with Gasteiger partial charge in [-0.25, -0.2) is 0 Å². The molecule has 0 saturated carbocycles. The molecule has 0 aromatic heterocycles. The lowest BCUT2D eigenvalue weighted by molar-refractivity contribution is -0.302. The second-order valence-corrected chi connectivity index (χ2v) is 23.9. The van der Waals surface area contributed by atoms with E-state index < -0.39 is 49.5 Å². The van der Waals surface area contributed by atoms with E-state index in [0.29, 0.717) is 6.42 Å². The molecule has 9 nitrogen and oxygen atoms in total. The average Bonchev–Trinajstić information content (AvgIpc) is 3.47. The van der Waals surface area contributed by atoms with Crippen molar-refractivity contribution in [2.45, 2.75) is 365 Å². The first-order chi connectivity index (χ1) is 39.8. The Morgan fingerprint density at radius 3 is 1.14 bits per heavy atom. The Kier molecular flexibility index (Phi) is 57.5. The fraction of sp³-hybridized carbons (Fsp3) is 0.819. The molecule has 9 heteroatoms. The summed E-state index contributed by atoms with van der Waals surface area (Å²) in [6.07, 6.45) is 78.5. The second kappa shape index (κ2) is 60.7. The molecule has 0 aromatic carbocycles. The lowest BCUT2D eigenvalue weighted by Crippen LogP contribution is -2.60. The number of allylic oxidation sites excluding steroid dienone is 11. The summed E-state index contributed by atoms with van der Waals surface area (Å²) in [7, 11) is 0. The molecule has 1 heterocycles. The number of hydrogen-bond acceptors (Lipinski definition) is 8. The molecular weight excluding hydrogens is 1010 g/mol. The highest BCUT2D eigenvalue weighted by atomic mass is 16.7. The number of ether oxygens (including phenoxy) is 2. The summed E-state index contributed by atoms with van der Waals surface area (Å²) in [5.41, 5.74) is 0. The summed E-state index contributed by atoms with van der Waals surface area (Å²) >= 11 is 0. The third-order valence-corrected chi connectivity index (χ3v) is 16.3. The summed E-state index contributed by atoms with van der Waals surface area (Å²) in [6.45, 7) is 3.71. The van der Waals surface area contributed by atoms with Gasteiger partial charge in [-0.2, -0.15) is 0 Å². The monoisotopic (exact) mass is 1140 g/mol. The first-order valence-corrected chi connectivity index (χ1v) is 34.7. The van der Waals surface area contributed by atoms with Crippen LogP contribution < -0.4 is 5.32 Å². The molecule has 0 radical (unpaired) electrons. The molecule has 1 fully saturated rings. The van der Waals surface area contributed by atoms with Crippen LogP contribution in [-0.2, 0) is 14.3 Å². The lowest BCUT2D eigenvalue weighted by atomic mass is 9.99. The molecule has 0 bridgehead atoms. The third-order valence-electron chi connectivity index (χ3n) is 16.3. The van der Waals surface area contributed by atoms with E-state index in [0.717, 1.165) is 70.6 Å². The number of aliphatic hydroxyl groups is 5. The lowest BCUT2D eigenvalue weighted by Gasteiger charge is -2.40. The van der Waals surface area contributed by atoms with Crippen LogP contribution in [0.15, 0.2) is 72.9 Å². The van der Waals surface area contributed by atoms with Crippen LogP contribution in [0.3, 0.4) is 0 Å². The van der Waals surface area contributed by atoms with E-state index in [9.17, 15) is 30.3 Å². The van der Waals surface area contributed by atoms with Crippen LogP contribution in [0.4, 0.5) is 0 Å². The largest absolute Gasteiger partial charge is 0.394 e. The molecule has 472 valence electrons. The molecule has 1 saturated heterocycles. The van der Waals surface area contributed by atoms with Crippen molar-refractivity contribution in [2.24, 2.45) is 0 Å². The van der Waals surface area contributed by atoms with Crippen LogP contribution in [0, 0.1) is 0 Å². The van der Waals surface area contributed by atoms with Crippen molar-refractivity contribution in [1.82, 2.24) is 5.32 Å². The van der Waals surface area contributed by atoms with Crippen LogP contribution in [0.2, 0.25) is 0 Å². The van der Waals surface area contributed by atoms with Gasteiger partial charge in [0.1, 0.15) is 24.4 Å². The number of hydrogen-bond donors (Lipinski definition) is 6. The quantitative estimate of drug-likeness (QED) is 0.0261. The standard InChI is InChI=1S/C72H131NO8/c1-3-5-7-9-11-13-15-17-19-21-23-25-27-29-31-32-33-34-36-38-40-42-44-46-48-50-52-54-56-58-60-62-68(76)73-65(64-80-72-71(79)70(78)69(77)67(63-74)81-72)66(75)61-59-57-55-53-51-49-47-45-43-41-39-37-35-30-28-26-24-22-20-18-16-14-12-10-8-6-4-2/h5,7,11,13,17,19,23,25,29,31,59,61,65-67,69-72,74-75,77-79H,3-4,6,8-10,12,14-16,18,20-22,24,26-28,30,32-58,60,62-64H2,1-2H3,(H,73,76)/b7-5-,13-11-,19-17-,25-23-,31-29-,61-59+. The van der Waals surface area contributed by atoms with Gasteiger partial charge < -0.3 is 40.3 Å². The van der Waals surface area contributed by atoms with Crippen LogP contribution in [-0.4, -0.2) is 87.5 Å². The Balaban J connectivity index is 2.14. The molecule has 6 N–H and O–H groups in total. The highest BCUT2D eigenvalue weighted by Crippen LogP contribution is 2.23. The van der Waals surface area contributed by atoms with Crippen LogP contribution in [0.5, 0.6) is 0 Å². The van der Waals surface area contributed by atoms with E-state index in [2.05, 4.69) is 79.9 Å². The summed E-state index contributed by atoms with van der Waals surface area (Å²) in [6, 6.07) is -0.809. The van der Waals surface area contributed by atoms with Crippen molar-refractivity contribution in [3.63, 3.8) is 0 Å². The van der Waals surface area contributed by atoms with Gasteiger partial charge in [-0.05, 0) is 64.2 Å². The summed E-state index contributed by atoms with van der Waals surface area (Å²) in [5, 5.41) is 54.8. The molecule has 1 rings (SSSR count). The van der Waals surface area contributed by atoms with E-state index in [1.165, 1.54) is 231 Å². The van der Waals surface area contributed by atoms with Crippen molar-refractivity contribution >= 4 is 5.91 Å². The molecule has 7 unspecified atom stereocenters. The second-order valence-electron chi connectivity index (χ2n) is 23.9. The van der Waals surface area contributed by atoms with Crippen LogP contribution in [0.25, 0.3) is 0 Å². The van der Waals surface area contributed by atoms with Gasteiger partial charge in [0.05, 0.1) is 25.4 Å². The minimum absolute atomic E-state index is 0.175. The van der Waals surface area contributed by atoms with Gasteiger partial charge in [0.25, 0.3) is 0 Å². The molecule has 0 spiro atoms. The van der Waals surface area contributed by atoms with E-state index in [-0.39, 0.29) is 12.5 Å². The molecule has 1 aliphatic rings. The zero-order chi connectivity index (χ0) is 58.6. The maximum absolute atomic E-state index is 13.1. The molecule has 7 atom stereocenters. The predicted octanol–water partition coefficient (Wildman–Crippen LogP) is 18.8. The van der Waals surface area contributed by atoms with Gasteiger partial charge in [0.2, 0.25) is 5.91 Å². The number of aliphatic hydroxyl groups excluding tert-OH is 5. The Labute approximate surface area is 499 Å². The van der Waals surface area contributed by atoms with E-state index >= 15 is 0 Å². The molecular formula is C72H131NO8. The Bertz CT molecular complexity index is 1510. The highest BCUT2D eigenvalue weighted by Gasteiger charge is 2.44. The first-order valence-electron chi connectivity index (χ1n) is 34.7. The summed E-state index contributed by atoms with van der Waals surface area (Å²) < 4.78 is 11.3. The molecule has 0 aliphatic carbocycles. The topological polar surface area (TPSA) is 149 Å². The minimum atomic E-state index is -1.57. The normalized spacial score (nSPS) is 18.8. The van der Waals surface area contributed by atoms with Gasteiger partial charge in [0, 0.05) is 6.42 Å². The fourth-order valence-corrected chi connectivity index (χ4v) is 10.9. The van der Waals surface area contributed by atoms with Crippen molar-refractivity contribution in [2.75, 3.05) is 13.2 Å². The van der Waals surface area contributed by atoms with Crippen molar-refractivity contribution in [1.29, 1.82) is 0 Å². The third kappa shape index (κ3) is 49.6. The smallest absolute Gasteiger partial charge is 0.220 e. The minimum Gasteiger partial charge on any atom is -0.394 e. The molecule has 1 amide bonds. The number of amides is 1. The molecule has 81 heavy (non-hydrogen) atoms. The van der Waals surface area contributed by atoms with Gasteiger partial charge in [-0.3, -0.25) is 4.79 Å². The average molecular weight is 1140 g/mol. The van der Waals surface area contributed by atoms with Crippen molar-refractivity contribution < 1.29 is 39.8 Å². The Morgan fingerprint density at radius 1 is 0.432 bits per heavy atom. The number of rotatable bonds is 60. The predicted molar refractivity (Wildman–Crippen MR) is 345 cm³/mol. The van der Waals surface area contributed by atoms with Gasteiger partial charge in [-0.15, -0.1) is 0 Å². The van der Waals surface area contributed by atoms with Gasteiger partial charge in [-0.1, -0.05) is 324 Å². The highest BCUT2D eigenvalue weighted by molar-refractivity contribution is 5.76. The number of carbonyl (C=O) groups excluding carboxylic acids is 1. The Morgan fingerprint density at radius 2 is 0.765 bits per heavy atom. The molecule has 0 aromatic rings. The Hall–Kier alpha value is -2.37. The summed E-state index contributed by atoms with van der Waals surface area (Å²) in [4.78, 5) is 13.1. The zero-order valence-corrected chi connectivity index (χ0v) is 52.8. The van der Waals surface area contributed by atoms with Crippen LogP contribution >= 0.6 is 0 Å². The zero-order valence-electron chi connectivity index (χ0n) is 52.8. The maximum atomic E-state index is 13.1. The van der Waals surface area contributed by atoms with E-state index in [1.54, 1.807) is 6.08 Å². The number of unbranched alkanes of at least 4 members (excludes halogenated alkanes) is 40. The maximum Gasteiger partial charge on any atom is 0.220 e. The van der Waals surface area contributed by atoms with Gasteiger partial charge in [0.15, 0.2) is 6.29 Å². The van der Waals surface area contributed by atoms with Crippen LogP contribution in [0.1, 0.15) is 322 Å². The fourth-order valence-electron chi connectivity index (χ4n) is 10.9. The SMILES string of the molecule is CC/C=C\C/C=C\C/C=C\C/C=C\C/C=C\CCCCCCCCCCCCCCCCCC(=O)NC(COC1OC(CO)C(O)C(O)C1O)C(O)/C=C/CCCCCCCCCCCCCCCCCCCCCCCCCCC. The molecule has 1 aliphatic heterocycles. The number of nitrogens with one attached hydrogen (secondary N) is 1. The summed E-state index contributed by atoms with van der Waals surface area (Å²) in [5.74, 6) is -0.175. The van der Waals surface area contributed by atoms with Gasteiger partial charge >= 0.3 is 0 Å². The van der Waals surface area contributed by atoms with Crippen molar-refractivity contribution in [3.8, 4) is 0 Å². The van der Waals surface area contributed by atoms with E-state index in [4.69, 9.17) is 9.47 Å². The van der Waals surface area contributed by atoms with Crippen molar-refractivity contribution in [3.05, 3.63) is 72.9 Å². The first kappa shape index (κ1) is 76.6.